The number of Topliss-reactive ketones (excluding diaryl/α,β-unsaturated/α-hetero) is 1. The van der Waals surface area contributed by atoms with Crippen molar-refractivity contribution in [3.05, 3.63) is 148 Å². The lowest BCUT2D eigenvalue weighted by Crippen LogP contribution is -2.48. The van der Waals surface area contributed by atoms with Crippen LogP contribution in [0.4, 0.5) is 28.7 Å². The van der Waals surface area contributed by atoms with E-state index in [1.54, 1.807) is 59.5 Å². The number of amides is 6. The summed E-state index contributed by atoms with van der Waals surface area (Å²) in [6.45, 7) is -0.960. The normalized spacial score (nSPS) is 13.6. The highest BCUT2D eigenvalue weighted by atomic mass is 35.5. The van der Waals surface area contributed by atoms with Crippen LogP contribution in [0.25, 0.3) is 43.7 Å². The van der Waals surface area contributed by atoms with E-state index in [2.05, 4.69) is 61.8 Å². The van der Waals surface area contributed by atoms with Crippen LogP contribution >= 0.6 is 33.2 Å². The van der Waals surface area contributed by atoms with Crippen molar-refractivity contribution in [1.29, 1.82) is 0 Å². The zero-order chi connectivity index (χ0) is 69.9. The molecule has 6 amide bonds. The summed E-state index contributed by atoms with van der Waals surface area (Å²) in [6, 6.07) is 25.4. The Hall–Kier alpha value is -11.1. The molecule has 0 bridgehead atoms. The van der Waals surface area contributed by atoms with Gasteiger partial charge in [-0.05, 0) is 97.2 Å². The fourth-order valence-corrected chi connectivity index (χ4v) is 13.4. The number of fused-ring (bicyclic) bond motifs is 6. The standard InChI is InChI=1S/C65H64ClN15O15S2/c1-80(30-54(86)87)29-53(85)69-25-35(20-41(82)12-15-46(63(93)94)76-58(88)32-6-8-37(9-7-32)68-26-40-27-70-57-56(72-40)61(91)79-65(67)78-57)59(89)77-49(64(95)96)31-98-97-17-16-52(84)71-38-10-13-44-33(18-38)21-47(74-44)60(90)73-39-11-14-45-34(19-39)22-48(75-45)62(92)81-28-36(24-66)55-43-5-3-2-4-42(43)51(83)23-50(55)81/h2-11,13-14,18-19,21-23,27,35-36,46,49,68,74-75,83H,12,15-17,20,24-26,28-31H2,1H3,(H,69,85)(H,71,84)(H,73,90)(H,76,88)(H,77,89)(H,86,87)(H,93,94)(H,95,96)(H3,67,70,78,79,91). The van der Waals surface area contributed by atoms with E-state index in [4.69, 9.17) is 22.4 Å². The van der Waals surface area contributed by atoms with E-state index in [1.165, 1.54) is 42.4 Å². The minimum atomic E-state index is -1.57. The minimum absolute atomic E-state index is 0.0140. The van der Waals surface area contributed by atoms with E-state index in [-0.39, 0.29) is 82.2 Å². The number of carboxylic acid groups (broad SMARTS) is 3. The van der Waals surface area contributed by atoms with Crippen molar-refractivity contribution >= 4 is 165 Å². The number of nitrogen functional groups attached to an aromatic ring is 1. The summed E-state index contributed by atoms with van der Waals surface area (Å²) in [6.07, 6.45) is -0.105. The maximum absolute atomic E-state index is 14.1. The average Bonchev–Trinajstić information content (AvgIpc) is 1.56. The number of phenolic OH excluding ortho intramolecular Hbond substituents is 1. The Morgan fingerprint density at radius 2 is 1.42 bits per heavy atom. The summed E-state index contributed by atoms with van der Waals surface area (Å²) in [5.74, 6) is -9.72. The van der Waals surface area contributed by atoms with Gasteiger partial charge in [-0.25, -0.2) is 19.6 Å². The van der Waals surface area contributed by atoms with Crippen LogP contribution < -0.4 is 48.1 Å². The smallest absolute Gasteiger partial charge is 0.327 e. The summed E-state index contributed by atoms with van der Waals surface area (Å²) in [5.41, 5.74) is 10.2. The van der Waals surface area contributed by atoms with Gasteiger partial charge in [0.15, 0.2) is 11.2 Å². The molecule has 0 saturated heterocycles. The lowest BCUT2D eigenvalue weighted by Gasteiger charge is -2.21. The quantitative estimate of drug-likeness (QED) is 0.0142. The van der Waals surface area contributed by atoms with Crippen LogP contribution in [0.5, 0.6) is 5.75 Å². The number of nitrogens with two attached hydrogens (primary N) is 1. The van der Waals surface area contributed by atoms with Crippen LogP contribution in [0, 0.1) is 5.92 Å². The molecule has 9 aromatic rings. The lowest BCUT2D eigenvalue weighted by molar-refractivity contribution is -0.142. The van der Waals surface area contributed by atoms with Crippen LogP contribution in [0.1, 0.15) is 74.2 Å². The Kier molecular flexibility index (Phi) is 22.2. The molecule has 98 heavy (non-hydrogen) atoms. The van der Waals surface area contributed by atoms with Crippen molar-refractivity contribution in [2.24, 2.45) is 5.92 Å². The molecule has 4 atom stereocenters. The molecule has 5 aromatic carbocycles. The molecule has 33 heteroatoms. The SMILES string of the molecule is CN(CC(=O)O)CC(=O)NCC(CC(=O)CCC(NC(=O)c1ccc(NCc2cnc3nc(N)[nH]c(=O)c3n2)cc1)C(=O)O)C(=O)NC(CSSCCC(=O)Nc1ccc2[nH]c(C(=O)Nc3ccc4[nH]c(C(=O)N5CC(CCl)c6c5cc(O)c5ccccc65)cc4c3)cc2c1)C(=O)O. The molecule has 1 aliphatic heterocycles. The largest absolute Gasteiger partial charge is 0.507 e. The number of alkyl halides is 1. The van der Waals surface area contributed by atoms with Gasteiger partial charge in [0, 0.05) is 112 Å². The molecule has 4 unspecified atom stereocenters. The number of aromatic hydroxyl groups is 1. The van der Waals surface area contributed by atoms with E-state index < -0.39 is 110 Å². The first-order chi connectivity index (χ1) is 47.0. The van der Waals surface area contributed by atoms with E-state index in [0.717, 1.165) is 32.5 Å². The zero-order valence-corrected chi connectivity index (χ0v) is 54.4. The molecule has 30 nitrogen and oxygen atoms in total. The number of hydrogen-bond acceptors (Lipinski definition) is 20. The summed E-state index contributed by atoms with van der Waals surface area (Å²) in [4.78, 5) is 166. The first-order valence-electron chi connectivity index (χ1n) is 30.3. The van der Waals surface area contributed by atoms with Crippen molar-refractivity contribution in [3.63, 3.8) is 0 Å². The summed E-state index contributed by atoms with van der Waals surface area (Å²) in [5, 5.41) is 58.9. The predicted octanol–water partition coefficient (Wildman–Crippen LogP) is 5.61. The number of likely N-dealkylation sites (N-methyl/N-ethyl adjacent to an activating group) is 1. The summed E-state index contributed by atoms with van der Waals surface area (Å²) < 4.78 is 0. The second-order valence-electron chi connectivity index (χ2n) is 23.0. The van der Waals surface area contributed by atoms with Gasteiger partial charge in [-0.3, -0.25) is 53.0 Å². The zero-order valence-electron chi connectivity index (χ0n) is 52.0. The third-order valence-corrected chi connectivity index (χ3v) is 18.6. The highest BCUT2D eigenvalue weighted by Crippen LogP contribution is 2.46. The monoisotopic (exact) mass is 1390 g/mol. The number of halogens is 1. The van der Waals surface area contributed by atoms with Crippen LogP contribution in [0.2, 0.25) is 0 Å². The number of rotatable bonds is 31. The Labute approximate surface area is 568 Å². The van der Waals surface area contributed by atoms with Crippen molar-refractivity contribution in [3.8, 4) is 5.75 Å². The molecule has 0 saturated carbocycles. The van der Waals surface area contributed by atoms with Gasteiger partial charge in [0.05, 0.1) is 43.1 Å². The van der Waals surface area contributed by atoms with Crippen LogP contribution in [-0.2, 0) is 40.1 Å². The fraction of sp³-hybridized carbons (Fsp3) is 0.262. The highest BCUT2D eigenvalue weighted by molar-refractivity contribution is 8.76. The second-order valence-corrected chi connectivity index (χ2v) is 25.9. The van der Waals surface area contributed by atoms with Crippen molar-refractivity contribution < 1.29 is 68.4 Å². The van der Waals surface area contributed by atoms with Gasteiger partial charge in [-0.15, -0.1) is 11.6 Å². The number of ketones is 1. The molecular formula is C65H64ClN15O15S2. The van der Waals surface area contributed by atoms with E-state index in [9.17, 15) is 68.1 Å². The third-order valence-electron chi connectivity index (χ3n) is 15.8. The fourth-order valence-electron chi connectivity index (χ4n) is 11.0. The molecular weight excluding hydrogens is 1330 g/mol. The van der Waals surface area contributed by atoms with Crippen molar-refractivity contribution in [2.75, 3.05) is 77.2 Å². The second kappa shape index (κ2) is 31.2. The maximum atomic E-state index is 14.1. The molecule has 0 fully saturated rings. The van der Waals surface area contributed by atoms with Crippen LogP contribution in [0.3, 0.4) is 0 Å². The molecule has 5 heterocycles. The number of hydrogen-bond donors (Lipinski definition) is 14. The first-order valence-corrected chi connectivity index (χ1v) is 33.3. The minimum Gasteiger partial charge on any atom is -0.507 e. The number of carboxylic acids is 3. The number of carbonyl (C=O) groups is 10. The van der Waals surface area contributed by atoms with Gasteiger partial charge < -0.3 is 72.9 Å². The molecule has 0 spiro atoms. The molecule has 508 valence electrons. The molecule has 0 aliphatic carbocycles. The summed E-state index contributed by atoms with van der Waals surface area (Å²) in [7, 11) is 3.55. The number of aliphatic carboxylic acids is 3. The number of nitrogens with one attached hydrogen (secondary N) is 9. The molecule has 1 aliphatic rings. The van der Waals surface area contributed by atoms with Crippen molar-refractivity contribution in [1.82, 2.24) is 50.8 Å². The predicted molar refractivity (Wildman–Crippen MR) is 369 cm³/mol. The maximum Gasteiger partial charge on any atom is 0.327 e. The molecule has 0 radical (unpaired) electrons. The van der Waals surface area contributed by atoms with Gasteiger partial charge in [0.2, 0.25) is 23.7 Å². The van der Waals surface area contributed by atoms with Gasteiger partial charge in [-0.1, -0.05) is 45.9 Å². The number of H-pyrrole nitrogens is 3. The van der Waals surface area contributed by atoms with Gasteiger partial charge in [0.25, 0.3) is 23.3 Å². The number of benzene rings is 5. The van der Waals surface area contributed by atoms with Gasteiger partial charge in [-0.2, -0.15) is 4.98 Å². The topological polar surface area (TPSA) is 459 Å². The number of phenols is 1. The Morgan fingerprint density at radius 3 is 2.11 bits per heavy atom. The number of carbonyl (C=O) groups excluding carboxylic acids is 7. The van der Waals surface area contributed by atoms with Gasteiger partial charge >= 0.3 is 17.9 Å². The highest BCUT2D eigenvalue weighted by Gasteiger charge is 2.36. The van der Waals surface area contributed by atoms with Crippen LogP contribution in [-0.4, -0.2) is 177 Å². The Bertz CT molecular complexity index is 4680. The van der Waals surface area contributed by atoms with E-state index in [0.29, 0.717) is 67.9 Å². The number of anilines is 5. The Morgan fingerprint density at radius 1 is 0.745 bits per heavy atom. The van der Waals surface area contributed by atoms with E-state index in [1.807, 2.05) is 24.3 Å². The Balaban J connectivity index is 0.678. The number of aromatic amines is 3. The van der Waals surface area contributed by atoms with Crippen molar-refractivity contribution in [2.45, 2.75) is 50.2 Å². The van der Waals surface area contributed by atoms with Gasteiger partial charge in [0.1, 0.15) is 35.0 Å². The molecule has 4 aromatic heterocycles. The lowest BCUT2D eigenvalue weighted by atomic mass is 9.95. The first kappa shape index (κ1) is 69.7. The molecule has 10 rings (SSSR count). The van der Waals surface area contributed by atoms with E-state index >= 15 is 0 Å². The number of aromatic nitrogens is 6. The number of nitrogens with zero attached hydrogens (tertiary/aromatic N) is 5. The average molecular weight is 1390 g/mol. The summed E-state index contributed by atoms with van der Waals surface area (Å²) >= 11 is 6.41. The molecule has 15 N–H and O–H groups in total. The third kappa shape index (κ3) is 17.3. The van der Waals surface area contributed by atoms with Crippen LogP contribution in [0.15, 0.2) is 114 Å².